The summed E-state index contributed by atoms with van der Waals surface area (Å²) in [5, 5.41) is 11.7. The first-order chi connectivity index (χ1) is 23.7. The fraction of sp³-hybridized carbons (Fsp3) is 0.162. The van der Waals surface area contributed by atoms with Crippen molar-refractivity contribution in [1.29, 1.82) is 0 Å². The number of nitrogens with one attached hydrogen (secondary N) is 1. The highest BCUT2D eigenvalue weighted by molar-refractivity contribution is 7.91. The van der Waals surface area contributed by atoms with Crippen LogP contribution in [0, 0.1) is 13.8 Å². The summed E-state index contributed by atoms with van der Waals surface area (Å²) >= 11 is 0. The number of aromatic nitrogens is 1. The molecule has 5 rings (SSSR count). The van der Waals surface area contributed by atoms with Crippen LogP contribution >= 0.6 is 0 Å². The van der Waals surface area contributed by atoms with Gasteiger partial charge in [-0.15, -0.1) is 0 Å². The largest absolute Gasteiger partial charge is 0.478 e. The molecule has 0 unspecified atom stereocenters. The molecule has 0 bridgehead atoms. The van der Waals surface area contributed by atoms with Crippen LogP contribution in [0.15, 0.2) is 113 Å². The molecule has 9 nitrogen and oxygen atoms in total. The molecule has 266 valence electrons. The van der Waals surface area contributed by atoms with Crippen molar-refractivity contribution in [3.05, 3.63) is 137 Å². The zero-order chi connectivity index (χ0) is 37.7. The Bertz CT molecular complexity index is 2290. The smallest absolute Gasteiger partial charge is 0.433 e. The van der Waals surface area contributed by atoms with E-state index in [1.54, 1.807) is 6.07 Å². The van der Waals surface area contributed by atoms with Gasteiger partial charge in [0.05, 0.1) is 15.4 Å². The summed E-state index contributed by atoms with van der Waals surface area (Å²) in [5.74, 6) is -1.71. The lowest BCUT2D eigenvalue weighted by molar-refractivity contribution is -0.141. The molecule has 0 radical (unpaired) electrons. The van der Waals surface area contributed by atoms with E-state index in [0.717, 1.165) is 47.0 Å². The molecule has 0 spiro atoms. The molecule has 0 atom stereocenters. The topological polar surface area (TPSA) is 148 Å². The normalized spacial score (nSPS) is 11.7. The van der Waals surface area contributed by atoms with Gasteiger partial charge in [0.15, 0.2) is 19.7 Å². The van der Waals surface area contributed by atoms with Gasteiger partial charge in [0, 0.05) is 30.8 Å². The van der Waals surface area contributed by atoms with Crippen molar-refractivity contribution in [3.63, 3.8) is 0 Å². The summed E-state index contributed by atoms with van der Waals surface area (Å²) in [4.78, 5) is 27.1. The minimum absolute atomic E-state index is 0.00738. The van der Waals surface area contributed by atoms with Gasteiger partial charge in [-0.2, -0.15) is 13.2 Å². The number of hydrogen-bond donors (Lipinski definition) is 2. The third-order valence-electron chi connectivity index (χ3n) is 7.52. The molecule has 5 aromatic rings. The SMILES string of the molecule is Cc1ccc(-c2cc(C(=O)NCc3ccc(C(F)(F)F)nc3)cc(S(C)(=O)=O)c2)cc1.Cc1ccc(-c2cc(C(=O)O)cc(S(C)(=O)=O)c2)cc1. The van der Waals surface area contributed by atoms with E-state index in [1.807, 2.05) is 62.4 Å². The van der Waals surface area contributed by atoms with Gasteiger partial charge in [0.1, 0.15) is 5.69 Å². The highest BCUT2D eigenvalue weighted by Gasteiger charge is 2.32. The van der Waals surface area contributed by atoms with E-state index in [-0.39, 0.29) is 27.5 Å². The van der Waals surface area contributed by atoms with Crippen LogP contribution in [0.2, 0.25) is 0 Å². The van der Waals surface area contributed by atoms with E-state index in [2.05, 4.69) is 10.3 Å². The maximum absolute atomic E-state index is 12.7. The Morgan fingerprint density at radius 3 is 1.51 bits per heavy atom. The highest BCUT2D eigenvalue weighted by atomic mass is 32.2. The Kier molecular flexibility index (Phi) is 11.5. The van der Waals surface area contributed by atoms with Crippen LogP contribution in [0.25, 0.3) is 22.3 Å². The average Bonchev–Trinajstić information content (AvgIpc) is 3.06. The Hall–Kier alpha value is -5.34. The molecular formula is C37H33F3N2O7S2. The van der Waals surface area contributed by atoms with Gasteiger partial charge in [-0.25, -0.2) is 21.6 Å². The van der Waals surface area contributed by atoms with E-state index < -0.39 is 43.4 Å². The van der Waals surface area contributed by atoms with Gasteiger partial charge in [-0.1, -0.05) is 65.7 Å². The molecule has 1 amide bonds. The van der Waals surface area contributed by atoms with Gasteiger partial charge in [0.25, 0.3) is 5.91 Å². The van der Waals surface area contributed by atoms with Crippen LogP contribution in [-0.2, 0) is 32.4 Å². The number of rotatable bonds is 8. The van der Waals surface area contributed by atoms with Crippen LogP contribution in [-0.4, -0.2) is 51.3 Å². The van der Waals surface area contributed by atoms with Crippen molar-refractivity contribution in [2.45, 2.75) is 36.4 Å². The van der Waals surface area contributed by atoms with E-state index >= 15 is 0 Å². The maximum Gasteiger partial charge on any atom is 0.433 e. The highest BCUT2D eigenvalue weighted by Crippen LogP contribution is 2.28. The first-order valence-electron chi connectivity index (χ1n) is 15.1. The third-order valence-corrected chi connectivity index (χ3v) is 9.70. The molecule has 14 heteroatoms. The van der Waals surface area contributed by atoms with Gasteiger partial charge >= 0.3 is 12.1 Å². The number of hydrogen-bond acceptors (Lipinski definition) is 7. The van der Waals surface area contributed by atoms with Crippen molar-refractivity contribution in [2.24, 2.45) is 0 Å². The van der Waals surface area contributed by atoms with Gasteiger partial charge < -0.3 is 10.4 Å². The molecule has 0 saturated carbocycles. The summed E-state index contributed by atoms with van der Waals surface area (Å²) < 4.78 is 85.3. The standard InChI is InChI=1S/C22H19F3N2O3S.C15H14O4S/c1-14-3-6-16(7-4-14)17-9-18(11-19(10-17)31(2,29)30)21(28)27-13-15-5-8-20(26-12-15)22(23,24)25;1-10-3-5-11(6-4-10)12-7-13(15(16)17)9-14(8-12)20(2,18)19/h3-12H,13H2,1-2H3,(H,27,28);3-9H,1-2H3,(H,16,17). The molecule has 1 aromatic heterocycles. The fourth-order valence-corrected chi connectivity index (χ4v) is 6.05. The van der Waals surface area contributed by atoms with Gasteiger partial charge in [-0.3, -0.25) is 9.78 Å². The Morgan fingerprint density at radius 2 is 1.12 bits per heavy atom. The van der Waals surface area contributed by atoms with Crippen molar-refractivity contribution >= 4 is 31.6 Å². The number of carbonyl (C=O) groups excluding carboxylic acids is 1. The van der Waals surface area contributed by atoms with E-state index in [9.17, 15) is 39.6 Å². The van der Waals surface area contributed by atoms with Crippen LogP contribution in [0.1, 0.15) is 43.1 Å². The van der Waals surface area contributed by atoms with Crippen LogP contribution < -0.4 is 5.32 Å². The van der Waals surface area contributed by atoms with E-state index in [4.69, 9.17) is 5.11 Å². The van der Waals surface area contributed by atoms with Crippen molar-refractivity contribution in [3.8, 4) is 22.3 Å². The number of carboxylic acid groups (broad SMARTS) is 1. The van der Waals surface area contributed by atoms with Crippen molar-refractivity contribution < 1.29 is 44.7 Å². The Balaban J connectivity index is 0.000000251. The fourth-order valence-electron chi connectivity index (χ4n) is 4.69. The summed E-state index contributed by atoms with van der Waals surface area (Å²) in [6, 6.07) is 25.4. The lowest BCUT2D eigenvalue weighted by Gasteiger charge is -2.11. The summed E-state index contributed by atoms with van der Waals surface area (Å²) in [7, 11) is -7.04. The monoisotopic (exact) mass is 738 g/mol. The number of alkyl halides is 3. The van der Waals surface area contributed by atoms with Crippen molar-refractivity contribution in [2.75, 3.05) is 12.5 Å². The number of aromatic carboxylic acids is 1. The zero-order valence-electron chi connectivity index (χ0n) is 27.8. The van der Waals surface area contributed by atoms with E-state index in [0.29, 0.717) is 16.7 Å². The first-order valence-corrected chi connectivity index (χ1v) is 18.9. The zero-order valence-corrected chi connectivity index (χ0v) is 29.4. The minimum atomic E-state index is -4.54. The molecule has 0 saturated heterocycles. The molecule has 2 N–H and O–H groups in total. The number of amides is 1. The first kappa shape index (κ1) is 38.5. The number of pyridine rings is 1. The number of sulfone groups is 2. The molecule has 0 aliphatic rings. The summed E-state index contributed by atoms with van der Waals surface area (Å²) in [6.45, 7) is 3.80. The van der Waals surface area contributed by atoms with Crippen molar-refractivity contribution in [1.82, 2.24) is 10.3 Å². The quantitative estimate of drug-likeness (QED) is 0.170. The Morgan fingerprint density at radius 1 is 0.667 bits per heavy atom. The predicted octanol–water partition coefficient (Wildman–Crippen LogP) is 7.17. The second-order valence-corrected chi connectivity index (χ2v) is 15.8. The maximum atomic E-state index is 12.7. The van der Waals surface area contributed by atoms with E-state index in [1.165, 1.54) is 36.4 Å². The molecule has 0 aliphatic heterocycles. The summed E-state index contributed by atoms with van der Waals surface area (Å²) in [6.07, 6.45) is -1.39. The van der Waals surface area contributed by atoms with Crippen LogP contribution in [0.4, 0.5) is 13.2 Å². The minimum Gasteiger partial charge on any atom is -0.478 e. The van der Waals surface area contributed by atoms with Gasteiger partial charge in [-0.05, 0) is 84.1 Å². The number of carboxylic acids is 1. The summed E-state index contributed by atoms with van der Waals surface area (Å²) in [5.41, 5.74) is 4.21. The molecular weight excluding hydrogens is 706 g/mol. The van der Waals surface area contributed by atoms with Gasteiger partial charge in [0.2, 0.25) is 0 Å². The second-order valence-electron chi connectivity index (χ2n) is 11.8. The number of nitrogens with zero attached hydrogens (tertiary/aromatic N) is 1. The number of halogens is 3. The Labute approximate surface area is 293 Å². The molecule has 51 heavy (non-hydrogen) atoms. The number of carbonyl (C=O) groups is 2. The molecule has 1 heterocycles. The number of benzene rings is 4. The third kappa shape index (κ3) is 10.6. The lowest BCUT2D eigenvalue weighted by atomic mass is 10.0. The molecule has 0 aliphatic carbocycles. The second kappa shape index (κ2) is 15.3. The average molecular weight is 739 g/mol. The van der Waals surface area contributed by atoms with Crippen LogP contribution in [0.5, 0.6) is 0 Å². The predicted molar refractivity (Wildman–Crippen MR) is 187 cm³/mol. The number of aryl methyl sites for hydroxylation is 2. The molecule has 0 fully saturated rings. The lowest BCUT2D eigenvalue weighted by Crippen LogP contribution is -2.23. The molecule has 4 aromatic carbocycles. The van der Waals surface area contributed by atoms with Crippen LogP contribution in [0.3, 0.4) is 0 Å².